The lowest BCUT2D eigenvalue weighted by atomic mass is 10.2. The minimum absolute atomic E-state index is 0.190. The fourth-order valence-corrected chi connectivity index (χ4v) is 0.947. The van der Waals surface area contributed by atoms with E-state index in [9.17, 15) is 9.59 Å². The summed E-state index contributed by atoms with van der Waals surface area (Å²) in [5, 5.41) is 0. The van der Waals surface area contributed by atoms with Crippen molar-refractivity contribution in [3.63, 3.8) is 0 Å². The van der Waals surface area contributed by atoms with E-state index in [4.69, 9.17) is 40.5 Å². The molecule has 0 aliphatic carbocycles. The molecule has 0 aromatic heterocycles. The van der Waals surface area contributed by atoms with Crippen LogP contribution in [-0.4, -0.2) is 29.1 Å². The summed E-state index contributed by atoms with van der Waals surface area (Å²) in [5.74, 6) is -1.40. The van der Waals surface area contributed by atoms with Crippen LogP contribution in [0.15, 0.2) is 0 Å². The van der Waals surface area contributed by atoms with E-state index in [1.54, 1.807) is 0 Å². The van der Waals surface area contributed by atoms with Gasteiger partial charge in [-0.05, 0) is 12.8 Å². The highest BCUT2D eigenvalue weighted by Crippen LogP contribution is 2.27. The molecule has 1 atom stereocenters. The third-order valence-corrected chi connectivity index (χ3v) is 2.05. The van der Waals surface area contributed by atoms with Crippen LogP contribution in [0.5, 0.6) is 0 Å². The Hall–Kier alpha value is -0.230. The number of rotatable bonds is 5. The molecule has 8 heteroatoms. The van der Waals surface area contributed by atoms with Gasteiger partial charge in [0.15, 0.2) is 6.23 Å². The maximum Gasteiger partial charge on any atom is 0.360 e. The first kappa shape index (κ1) is 15.8. The Bertz CT molecular complexity index is 254. The number of esters is 2. The van der Waals surface area contributed by atoms with E-state index >= 15 is 0 Å². The molecular formula is C8H12Cl3NO4. The highest BCUT2D eigenvalue weighted by Gasteiger charge is 2.33. The Balaban J connectivity index is 3.79. The van der Waals surface area contributed by atoms with Gasteiger partial charge in [-0.2, -0.15) is 0 Å². The van der Waals surface area contributed by atoms with Crippen molar-refractivity contribution < 1.29 is 19.1 Å². The molecule has 5 nitrogen and oxygen atoms in total. The summed E-state index contributed by atoms with van der Waals surface area (Å²) in [4.78, 5) is 21.8. The monoisotopic (exact) mass is 291 g/mol. The van der Waals surface area contributed by atoms with Crippen LogP contribution < -0.4 is 5.73 Å². The molecule has 2 N–H and O–H groups in total. The molecule has 0 heterocycles. The van der Waals surface area contributed by atoms with Crippen LogP contribution in [0.4, 0.5) is 0 Å². The zero-order valence-corrected chi connectivity index (χ0v) is 10.8. The lowest BCUT2D eigenvalue weighted by Gasteiger charge is -2.16. The van der Waals surface area contributed by atoms with E-state index in [1.807, 2.05) is 0 Å². The zero-order chi connectivity index (χ0) is 12.8. The molecule has 0 amide bonds. The first-order valence-corrected chi connectivity index (χ1v) is 5.51. The third kappa shape index (κ3) is 7.11. The number of hydrogen-bond donors (Lipinski definition) is 1. The van der Waals surface area contributed by atoms with Gasteiger partial charge in [0.25, 0.3) is 3.79 Å². The minimum atomic E-state index is -2.14. The smallest absolute Gasteiger partial charge is 0.360 e. The second-order valence-corrected chi connectivity index (χ2v) is 5.19. The zero-order valence-electron chi connectivity index (χ0n) is 8.54. The fraction of sp³-hybridized carbons (Fsp3) is 0.750. The molecule has 0 radical (unpaired) electrons. The molecule has 0 fully saturated rings. The van der Waals surface area contributed by atoms with Gasteiger partial charge in [0, 0.05) is 6.42 Å². The Kier molecular flexibility index (Phi) is 7.06. The predicted molar refractivity (Wildman–Crippen MR) is 60.2 cm³/mol. The molecule has 0 spiro atoms. The number of ether oxygens (including phenoxy) is 2. The SMILES string of the molecule is COC(=O)CCCC(N)OC(=O)C(Cl)(Cl)Cl. The molecule has 0 saturated carbocycles. The fourth-order valence-electron chi connectivity index (χ4n) is 0.813. The number of carbonyl (C=O) groups is 2. The normalized spacial score (nSPS) is 13.1. The van der Waals surface area contributed by atoms with Crippen molar-refractivity contribution in [3.8, 4) is 0 Å². The topological polar surface area (TPSA) is 78.6 Å². The number of methoxy groups -OCH3 is 1. The quantitative estimate of drug-likeness (QED) is 0.472. The van der Waals surface area contributed by atoms with E-state index in [1.165, 1.54) is 7.11 Å². The average molecular weight is 293 g/mol. The lowest BCUT2D eigenvalue weighted by Crippen LogP contribution is -2.33. The van der Waals surface area contributed by atoms with Crippen LogP contribution in [0.3, 0.4) is 0 Å². The van der Waals surface area contributed by atoms with Gasteiger partial charge in [0.05, 0.1) is 7.11 Å². The van der Waals surface area contributed by atoms with Gasteiger partial charge in [0.2, 0.25) is 0 Å². The van der Waals surface area contributed by atoms with Gasteiger partial charge >= 0.3 is 11.9 Å². The van der Waals surface area contributed by atoms with Gasteiger partial charge in [0.1, 0.15) is 0 Å². The van der Waals surface area contributed by atoms with Crippen molar-refractivity contribution in [1.29, 1.82) is 0 Å². The largest absolute Gasteiger partial charge is 0.469 e. The molecular weight excluding hydrogens is 280 g/mol. The molecule has 0 rings (SSSR count). The van der Waals surface area contributed by atoms with E-state index in [2.05, 4.69) is 9.47 Å². The molecule has 94 valence electrons. The van der Waals surface area contributed by atoms with Crippen molar-refractivity contribution in [3.05, 3.63) is 0 Å². The molecule has 0 aromatic carbocycles. The van der Waals surface area contributed by atoms with Crippen molar-refractivity contribution in [2.75, 3.05) is 7.11 Å². The minimum Gasteiger partial charge on any atom is -0.469 e. The summed E-state index contributed by atoms with van der Waals surface area (Å²) in [5.41, 5.74) is 5.43. The van der Waals surface area contributed by atoms with E-state index in [-0.39, 0.29) is 18.8 Å². The van der Waals surface area contributed by atoms with Crippen molar-refractivity contribution in [2.24, 2.45) is 5.73 Å². The summed E-state index contributed by atoms with van der Waals surface area (Å²) in [6.07, 6.45) is -0.0225. The van der Waals surface area contributed by atoms with Crippen molar-refractivity contribution in [1.82, 2.24) is 0 Å². The Morgan fingerprint density at radius 2 is 1.94 bits per heavy atom. The van der Waals surface area contributed by atoms with E-state index < -0.39 is 16.0 Å². The molecule has 0 aliphatic heterocycles. The number of alkyl halides is 3. The summed E-state index contributed by atoms with van der Waals surface area (Å²) in [6.45, 7) is 0. The van der Waals surface area contributed by atoms with Crippen LogP contribution in [0, 0.1) is 0 Å². The predicted octanol–water partition coefficient (Wildman–Crippen LogP) is 1.53. The van der Waals surface area contributed by atoms with Crippen molar-refractivity contribution in [2.45, 2.75) is 29.3 Å². The Morgan fingerprint density at radius 1 is 1.38 bits per heavy atom. The summed E-state index contributed by atoms with van der Waals surface area (Å²) < 4.78 is 6.90. The second kappa shape index (κ2) is 7.17. The lowest BCUT2D eigenvalue weighted by molar-refractivity contribution is -0.148. The van der Waals surface area contributed by atoms with Gasteiger partial charge in [-0.25, -0.2) is 4.79 Å². The molecule has 0 aliphatic rings. The maximum atomic E-state index is 11.0. The molecule has 0 aromatic rings. The second-order valence-electron chi connectivity index (χ2n) is 2.91. The van der Waals surface area contributed by atoms with E-state index in [0.29, 0.717) is 6.42 Å². The molecule has 0 saturated heterocycles. The number of carbonyl (C=O) groups excluding carboxylic acids is 2. The summed E-state index contributed by atoms with van der Waals surface area (Å²) >= 11 is 15.8. The standard InChI is InChI=1S/C8H12Cl3NO4/c1-15-6(13)4-2-3-5(12)16-7(14)8(9,10)11/h5H,2-4,12H2,1H3. The van der Waals surface area contributed by atoms with Crippen molar-refractivity contribution >= 4 is 46.7 Å². The van der Waals surface area contributed by atoms with Crippen LogP contribution >= 0.6 is 34.8 Å². The number of nitrogens with two attached hydrogens (primary N) is 1. The average Bonchev–Trinajstić information content (AvgIpc) is 2.15. The Morgan fingerprint density at radius 3 is 2.38 bits per heavy atom. The molecule has 16 heavy (non-hydrogen) atoms. The summed E-state index contributed by atoms with van der Waals surface area (Å²) in [7, 11) is 1.28. The van der Waals surface area contributed by atoms with Crippen LogP contribution in [-0.2, 0) is 19.1 Å². The third-order valence-electron chi connectivity index (χ3n) is 1.59. The van der Waals surface area contributed by atoms with Gasteiger partial charge in [-0.1, -0.05) is 34.8 Å². The van der Waals surface area contributed by atoms with Gasteiger partial charge in [-0.15, -0.1) is 0 Å². The highest BCUT2D eigenvalue weighted by molar-refractivity contribution is 6.75. The first-order chi connectivity index (χ1) is 7.27. The maximum absolute atomic E-state index is 11.0. The van der Waals surface area contributed by atoms with Crippen LogP contribution in [0.25, 0.3) is 0 Å². The summed E-state index contributed by atoms with van der Waals surface area (Å²) in [6, 6.07) is 0. The molecule has 0 bridgehead atoms. The van der Waals surface area contributed by atoms with Gasteiger partial charge in [-0.3, -0.25) is 10.5 Å². The number of halogens is 3. The molecule has 1 unspecified atom stereocenters. The Labute approximate surface area is 108 Å². The van der Waals surface area contributed by atoms with Crippen LogP contribution in [0.2, 0.25) is 0 Å². The first-order valence-electron chi connectivity index (χ1n) is 4.37. The highest BCUT2D eigenvalue weighted by atomic mass is 35.6. The van der Waals surface area contributed by atoms with Crippen LogP contribution in [0.1, 0.15) is 19.3 Å². The van der Waals surface area contributed by atoms with Gasteiger partial charge < -0.3 is 9.47 Å². The number of hydrogen-bond acceptors (Lipinski definition) is 5. The van der Waals surface area contributed by atoms with E-state index in [0.717, 1.165) is 0 Å².